The highest BCUT2D eigenvalue weighted by Crippen LogP contribution is 2.34. The van der Waals surface area contributed by atoms with Crippen LogP contribution < -0.4 is 15.8 Å². The number of halogens is 3. The SMILES string of the molecule is C=CC1=C(/C=C\C)CC(Cl)=c2ccccc2=C1c1noc(C)c1C(=O)NC(Cc1cc(Br)c(O)c(Br)c1)C(=O)O. The second-order valence-corrected chi connectivity index (χ2v) is 11.2. The van der Waals surface area contributed by atoms with E-state index in [9.17, 15) is 19.8 Å². The number of carboxylic acids is 1. The first-order valence-corrected chi connectivity index (χ1v) is 14.2. The van der Waals surface area contributed by atoms with Crippen LogP contribution in [-0.2, 0) is 11.2 Å². The van der Waals surface area contributed by atoms with Crippen molar-refractivity contribution >= 4 is 65.9 Å². The lowest BCUT2D eigenvalue weighted by Crippen LogP contribution is -2.42. The predicted octanol–water partition coefficient (Wildman–Crippen LogP) is 5.65. The molecule has 7 nitrogen and oxygen atoms in total. The van der Waals surface area contributed by atoms with E-state index in [4.69, 9.17) is 16.1 Å². The number of carboxylic acid groups (broad SMARTS) is 1. The molecule has 0 aliphatic heterocycles. The number of carbonyl (C=O) groups excluding carboxylic acids is 1. The molecular weight excluding hydrogens is 664 g/mol. The van der Waals surface area contributed by atoms with Crippen molar-refractivity contribution in [3.63, 3.8) is 0 Å². The molecule has 4 rings (SSSR count). The third-order valence-corrected chi connectivity index (χ3v) is 8.01. The molecule has 0 spiro atoms. The number of allylic oxidation sites excluding steroid dienone is 5. The van der Waals surface area contributed by atoms with E-state index in [0.29, 0.717) is 31.5 Å². The summed E-state index contributed by atoms with van der Waals surface area (Å²) in [6.07, 6.45) is 5.95. The zero-order valence-corrected chi connectivity index (χ0v) is 25.5. The Kier molecular flexibility index (Phi) is 9.18. The summed E-state index contributed by atoms with van der Waals surface area (Å²) in [7, 11) is 0. The van der Waals surface area contributed by atoms with Crippen LogP contribution in [0.4, 0.5) is 0 Å². The predicted molar refractivity (Wildman–Crippen MR) is 161 cm³/mol. The number of nitrogens with one attached hydrogen (secondary N) is 1. The molecule has 0 saturated carbocycles. The maximum Gasteiger partial charge on any atom is 0.326 e. The summed E-state index contributed by atoms with van der Waals surface area (Å²) in [6.45, 7) is 7.52. The second-order valence-electron chi connectivity index (χ2n) is 9.08. The lowest BCUT2D eigenvalue weighted by Gasteiger charge is -2.16. The number of amides is 1. The quantitative estimate of drug-likeness (QED) is 0.282. The van der Waals surface area contributed by atoms with Crippen LogP contribution in [-0.4, -0.2) is 33.3 Å². The van der Waals surface area contributed by atoms with Crippen LogP contribution in [0, 0.1) is 6.92 Å². The molecule has 2 aromatic carbocycles. The minimum atomic E-state index is -1.28. The van der Waals surface area contributed by atoms with Crippen molar-refractivity contribution in [3.8, 4) is 5.75 Å². The number of aliphatic carboxylic acids is 1. The van der Waals surface area contributed by atoms with Crippen molar-refractivity contribution in [1.82, 2.24) is 10.5 Å². The molecular formula is C30H25Br2ClN2O5. The van der Waals surface area contributed by atoms with E-state index >= 15 is 0 Å². The van der Waals surface area contributed by atoms with E-state index in [1.165, 1.54) is 0 Å². The van der Waals surface area contributed by atoms with Gasteiger partial charge in [-0.2, -0.15) is 0 Å². The first-order chi connectivity index (χ1) is 19.1. The molecule has 3 N–H and O–H groups in total. The topological polar surface area (TPSA) is 113 Å². The number of aryl methyl sites for hydroxylation is 1. The molecule has 0 radical (unpaired) electrons. The third kappa shape index (κ3) is 5.87. The summed E-state index contributed by atoms with van der Waals surface area (Å²) in [4.78, 5) is 25.9. The number of rotatable bonds is 8. The number of hydrogen-bond acceptors (Lipinski definition) is 5. The standard InChI is InChI=1S/C30H25Br2ClN2O5/c1-4-8-17-14-23(33)19-9-6-7-10-20(19)26(18(17)5-2)27-25(15(3)40-35-27)29(37)34-24(30(38)39)13-16-11-21(31)28(36)22(32)12-16/h4-12,24,36H,2,13-14H2,1,3H3,(H,34,37)(H,38,39)/b8-4-. The van der Waals surface area contributed by atoms with Crippen molar-refractivity contribution in [2.24, 2.45) is 0 Å². The molecule has 1 heterocycles. The van der Waals surface area contributed by atoms with Crippen LogP contribution in [0.5, 0.6) is 5.75 Å². The molecule has 1 atom stereocenters. The summed E-state index contributed by atoms with van der Waals surface area (Å²) < 4.78 is 6.30. The average molecular weight is 689 g/mol. The highest BCUT2D eigenvalue weighted by Gasteiger charge is 2.30. The van der Waals surface area contributed by atoms with Crippen molar-refractivity contribution in [2.75, 3.05) is 0 Å². The summed E-state index contributed by atoms with van der Waals surface area (Å²) >= 11 is 13.3. The Morgan fingerprint density at radius 2 is 1.88 bits per heavy atom. The fourth-order valence-electron chi connectivity index (χ4n) is 4.65. The molecule has 1 unspecified atom stereocenters. The van der Waals surface area contributed by atoms with Crippen LogP contribution in [0.2, 0.25) is 0 Å². The van der Waals surface area contributed by atoms with Gasteiger partial charge in [0.1, 0.15) is 28.8 Å². The smallest absolute Gasteiger partial charge is 0.326 e. The number of fused-ring (bicyclic) bond motifs is 1. The first-order valence-electron chi connectivity index (χ1n) is 12.2. The summed E-state index contributed by atoms with van der Waals surface area (Å²) in [5.41, 5.74) is 3.17. The Morgan fingerprint density at radius 3 is 2.48 bits per heavy atom. The number of aromatic hydroxyl groups is 1. The number of benzene rings is 2. The molecule has 10 heteroatoms. The van der Waals surface area contributed by atoms with E-state index in [1.54, 1.807) is 25.1 Å². The van der Waals surface area contributed by atoms with Crippen LogP contribution in [0.1, 0.15) is 40.7 Å². The maximum absolute atomic E-state index is 13.7. The van der Waals surface area contributed by atoms with Gasteiger partial charge in [-0.25, -0.2) is 4.79 Å². The zero-order chi connectivity index (χ0) is 29.1. The molecule has 1 amide bonds. The number of phenols is 1. The molecule has 1 aliphatic rings. The number of carbonyl (C=O) groups is 2. The summed E-state index contributed by atoms with van der Waals surface area (Å²) in [5.74, 6) is -1.66. The highest BCUT2D eigenvalue weighted by atomic mass is 79.9. The van der Waals surface area contributed by atoms with E-state index in [2.05, 4.69) is 48.9 Å². The Balaban J connectivity index is 1.85. The van der Waals surface area contributed by atoms with Gasteiger partial charge in [0.25, 0.3) is 5.91 Å². The lowest BCUT2D eigenvalue weighted by molar-refractivity contribution is -0.139. The van der Waals surface area contributed by atoms with Crippen LogP contribution in [0.15, 0.2) is 85.8 Å². The maximum atomic E-state index is 13.7. The highest BCUT2D eigenvalue weighted by molar-refractivity contribution is 9.11. The minimum Gasteiger partial charge on any atom is -0.506 e. The Hall–Kier alpha value is -3.40. The fraction of sp³-hybridized carbons (Fsp3) is 0.167. The van der Waals surface area contributed by atoms with Gasteiger partial charge >= 0.3 is 5.97 Å². The zero-order valence-electron chi connectivity index (χ0n) is 21.6. The lowest BCUT2D eigenvalue weighted by atomic mass is 9.92. The minimum absolute atomic E-state index is 0.00850. The third-order valence-electron chi connectivity index (χ3n) is 6.47. The number of nitrogens with zero attached hydrogens (tertiary/aromatic N) is 1. The first kappa shape index (κ1) is 29.6. The van der Waals surface area contributed by atoms with E-state index in [-0.39, 0.29) is 29.2 Å². The second kappa shape index (κ2) is 12.4. The monoisotopic (exact) mass is 686 g/mol. The Labute approximate surface area is 252 Å². The van der Waals surface area contributed by atoms with Gasteiger partial charge in [0, 0.05) is 23.4 Å². The van der Waals surface area contributed by atoms with Crippen LogP contribution in [0.3, 0.4) is 0 Å². The van der Waals surface area contributed by atoms with Gasteiger partial charge in [0.15, 0.2) is 0 Å². The number of hydrogen-bond donors (Lipinski definition) is 3. The Bertz CT molecular complexity index is 1700. The van der Waals surface area contributed by atoms with Gasteiger partial charge in [-0.05, 0) is 85.0 Å². The number of phenolic OH excluding ortho intramolecular Hbond substituents is 1. The van der Waals surface area contributed by atoms with Crippen molar-refractivity contribution in [1.29, 1.82) is 0 Å². The van der Waals surface area contributed by atoms with Crippen molar-refractivity contribution in [3.05, 3.63) is 114 Å². The largest absolute Gasteiger partial charge is 0.506 e. The average Bonchev–Trinajstić information content (AvgIpc) is 3.24. The van der Waals surface area contributed by atoms with Gasteiger partial charge in [0.05, 0.1) is 8.95 Å². The van der Waals surface area contributed by atoms with E-state index in [0.717, 1.165) is 21.6 Å². The van der Waals surface area contributed by atoms with Crippen LogP contribution in [0.25, 0.3) is 10.6 Å². The van der Waals surface area contributed by atoms with Gasteiger partial charge in [-0.1, -0.05) is 65.8 Å². The molecule has 0 saturated heterocycles. The van der Waals surface area contributed by atoms with Crippen molar-refractivity contribution in [2.45, 2.75) is 32.7 Å². The molecule has 206 valence electrons. The normalized spacial score (nSPS) is 14.2. The molecule has 1 aromatic heterocycles. The van der Waals surface area contributed by atoms with Gasteiger partial charge in [-0.15, -0.1) is 0 Å². The van der Waals surface area contributed by atoms with Gasteiger partial charge < -0.3 is 20.1 Å². The molecule has 0 bridgehead atoms. The van der Waals surface area contributed by atoms with E-state index < -0.39 is 17.9 Å². The van der Waals surface area contributed by atoms with Crippen molar-refractivity contribution < 1.29 is 24.3 Å². The molecule has 40 heavy (non-hydrogen) atoms. The molecule has 0 fully saturated rings. The summed E-state index contributed by atoms with van der Waals surface area (Å²) in [6, 6.07) is 9.46. The summed E-state index contributed by atoms with van der Waals surface area (Å²) in [5, 5.41) is 29.0. The number of aromatic nitrogens is 1. The van der Waals surface area contributed by atoms with E-state index in [1.807, 2.05) is 43.3 Å². The van der Waals surface area contributed by atoms with Gasteiger partial charge in [0.2, 0.25) is 0 Å². The molecule has 1 aliphatic carbocycles. The molecule has 3 aromatic rings. The fourth-order valence-corrected chi connectivity index (χ4v) is 6.24. The Morgan fingerprint density at radius 1 is 1.23 bits per heavy atom. The van der Waals surface area contributed by atoms with Crippen LogP contribution >= 0.6 is 43.5 Å². The van der Waals surface area contributed by atoms with Gasteiger partial charge in [-0.3, -0.25) is 4.79 Å².